The lowest BCUT2D eigenvalue weighted by atomic mass is 9.93. The molecular weight excluding hydrogens is 278 g/mol. The zero-order chi connectivity index (χ0) is 14.5. The Bertz CT molecular complexity index is 481. The Kier molecular flexibility index (Phi) is 5.28. The van der Waals surface area contributed by atoms with Gasteiger partial charge in [0, 0.05) is 15.7 Å². The second kappa shape index (κ2) is 6.97. The third kappa shape index (κ3) is 3.45. The summed E-state index contributed by atoms with van der Waals surface area (Å²) in [4.78, 5) is 3.69. The average Bonchev–Trinajstić information content (AvgIpc) is 2.48. The van der Waals surface area contributed by atoms with E-state index in [1.807, 2.05) is 37.3 Å². The lowest BCUT2D eigenvalue weighted by Crippen LogP contribution is -2.53. The molecule has 5 atom stereocenters. The van der Waals surface area contributed by atoms with Crippen molar-refractivity contribution in [3.63, 3.8) is 0 Å². The number of hydrogen-bond donors (Lipinski definition) is 2. The summed E-state index contributed by atoms with van der Waals surface area (Å²) in [5.74, 6) is -0.225. The molecule has 1 aliphatic heterocycles. The number of nitrogens with zero attached hydrogens (tertiary/aromatic N) is 3. The van der Waals surface area contributed by atoms with Crippen molar-refractivity contribution in [3.05, 3.63) is 40.8 Å². The molecule has 1 fully saturated rings. The number of aliphatic hydroxyl groups is 2. The van der Waals surface area contributed by atoms with Gasteiger partial charge >= 0.3 is 0 Å². The van der Waals surface area contributed by atoms with Gasteiger partial charge in [-0.2, -0.15) is 0 Å². The van der Waals surface area contributed by atoms with Crippen LogP contribution in [0.3, 0.4) is 0 Å². The number of rotatable bonds is 4. The summed E-state index contributed by atoms with van der Waals surface area (Å²) in [5, 5.41) is 23.5. The summed E-state index contributed by atoms with van der Waals surface area (Å²) < 4.78 is 5.78. The van der Waals surface area contributed by atoms with Crippen LogP contribution in [0.4, 0.5) is 0 Å². The van der Waals surface area contributed by atoms with Gasteiger partial charge in [0.1, 0.15) is 11.5 Å². The van der Waals surface area contributed by atoms with Crippen LogP contribution in [0.2, 0.25) is 0 Å². The van der Waals surface area contributed by atoms with E-state index in [0.29, 0.717) is 0 Å². The van der Waals surface area contributed by atoms with Crippen LogP contribution in [-0.2, 0) is 4.74 Å². The van der Waals surface area contributed by atoms with Gasteiger partial charge in [-0.1, -0.05) is 42.0 Å². The molecule has 0 aromatic heterocycles. The zero-order valence-corrected chi connectivity index (χ0v) is 11.8. The Labute approximate surface area is 121 Å². The molecule has 20 heavy (non-hydrogen) atoms. The van der Waals surface area contributed by atoms with Crippen molar-refractivity contribution in [3.8, 4) is 0 Å². The number of benzene rings is 1. The lowest BCUT2D eigenvalue weighted by molar-refractivity contribution is -0.167. The van der Waals surface area contributed by atoms with E-state index in [0.717, 1.165) is 4.90 Å². The number of ether oxygens (including phenoxy) is 1. The molecule has 1 aromatic carbocycles. The highest BCUT2D eigenvalue weighted by Gasteiger charge is 2.42. The van der Waals surface area contributed by atoms with Crippen LogP contribution < -0.4 is 0 Å². The molecule has 0 radical (unpaired) electrons. The quantitative estimate of drug-likeness (QED) is 0.505. The van der Waals surface area contributed by atoms with Crippen molar-refractivity contribution in [1.29, 1.82) is 0 Å². The molecule has 2 rings (SSSR count). The Hall–Kier alpha value is -1.24. The molecule has 0 spiro atoms. The van der Waals surface area contributed by atoms with E-state index in [1.54, 1.807) is 0 Å². The van der Waals surface area contributed by atoms with Crippen LogP contribution in [0.25, 0.3) is 10.4 Å². The van der Waals surface area contributed by atoms with E-state index < -0.39 is 18.3 Å². The van der Waals surface area contributed by atoms with Crippen molar-refractivity contribution >= 4 is 11.8 Å². The third-order valence-electron chi connectivity index (χ3n) is 3.33. The molecule has 1 heterocycles. The van der Waals surface area contributed by atoms with E-state index in [9.17, 15) is 10.2 Å². The van der Waals surface area contributed by atoms with Gasteiger partial charge in [-0.3, -0.25) is 0 Å². The summed E-state index contributed by atoms with van der Waals surface area (Å²) in [6, 6.07) is 9.70. The van der Waals surface area contributed by atoms with Crippen LogP contribution >= 0.6 is 11.8 Å². The summed E-state index contributed by atoms with van der Waals surface area (Å²) >= 11 is 1.49. The number of hydrogen-bond acceptors (Lipinski definition) is 5. The Balaban J connectivity index is 2.09. The monoisotopic (exact) mass is 295 g/mol. The molecule has 2 unspecified atom stereocenters. The maximum absolute atomic E-state index is 10.1. The molecule has 2 N–H and O–H groups in total. The molecular formula is C13H17N3O3S. The van der Waals surface area contributed by atoms with Crippen LogP contribution in [0, 0.1) is 5.92 Å². The minimum Gasteiger partial charge on any atom is -0.390 e. The van der Waals surface area contributed by atoms with Crippen LogP contribution in [0.5, 0.6) is 0 Å². The van der Waals surface area contributed by atoms with Gasteiger partial charge in [0.05, 0.1) is 18.8 Å². The summed E-state index contributed by atoms with van der Waals surface area (Å²) in [5.41, 5.74) is 8.06. The number of azide groups is 1. The number of aliphatic hydroxyl groups excluding tert-OH is 2. The van der Waals surface area contributed by atoms with Gasteiger partial charge in [-0.15, -0.1) is 0 Å². The van der Waals surface area contributed by atoms with E-state index in [1.165, 1.54) is 11.8 Å². The fourth-order valence-electron chi connectivity index (χ4n) is 2.10. The van der Waals surface area contributed by atoms with Gasteiger partial charge in [0.2, 0.25) is 0 Å². The van der Waals surface area contributed by atoms with Crippen molar-refractivity contribution < 1.29 is 14.9 Å². The van der Waals surface area contributed by atoms with Gasteiger partial charge in [-0.05, 0) is 17.7 Å². The first-order valence-electron chi connectivity index (χ1n) is 6.37. The first-order chi connectivity index (χ1) is 9.63. The average molecular weight is 295 g/mol. The fourth-order valence-corrected chi connectivity index (χ4v) is 3.26. The SMILES string of the molecule is C[C@H]1C(O)[C@H](O)C(CN=[N+]=[N-])O[C@H]1Sc1ccccc1. The molecule has 108 valence electrons. The zero-order valence-electron chi connectivity index (χ0n) is 11.0. The Morgan fingerprint density at radius 3 is 2.65 bits per heavy atom. The van der Waals surface area contributed by atoms with Gasteiger partial charge in [0.25, 0.3) is 0 Å². The van der Waals surface area contributed by atoms with E-state index >= 15 is 0 Å². The highest BCUT2D eigenvalue weighted by Crippen LogP contribution is 2.36. The highest BCUT2D eigenvalue weighted by molar-refractivity contribution is 7.99. The molecule has 0 aliphatic carbocycles. The van der Waals surface area contributed by atoms with E-state index in [2.05, 4.69) is 10.0 Å². The normalized spacial score (nSPS) is 33.5. The predicted octanol–water partition coefficient (Wildman–Crippen LogP) is 2.17. The second-order valence-electron chi connectivity index (χ2n) is 4.73. The smallest absolute Gasteiger partial charge is 0.113 e. The van der Waals surface area contributed by atoms with Crippen LogP contribution in [-0.4, -0.2) is 40.5 Å². The molecule has 1 saturated heterocycles. The van der Waals surface area contributed by atoms with Crippen LogP contribution in [0.15, 0.2) is 40.3 Å². The predicted molar refractivity (Wildman–Crippen MR) is 76.2 cm³/mol. The maximum atomic E-state index is 10.1. The largest absolute Gasteiger partial charge is 0.390 e. The van der Waals surface area contributed by atoms with Crippen molar-refractivity contribution in [2.45, 2.75) is 35.6 Å². The molecule has 1 aliphatic rings. The lowest BCUT2D eigenvalue weighted by Gasteiger charge is -2.40. The van der Waals surface area contributed by atoms with Gasteiger partial charge in [0.15, 0.2) is 0 Å². The number of thioether (sulfide) groups is 1. The van der Waals surface area contributed by atoms with Crippen molar-refractivity contribution in [1.82, 2.24) is 0 Å². The molecule has 1 aromatic rings. The molecule has 6 nitrogen and oxygen atoms in total. The second-order valence-corrected chi connectivity index (χ2v) is 5.90. The summed E-state index contributed by atoms with van der Waals surface area (Å²) in [6.07, 6.45) is -2.62. The van der Waals surface area contributed by atoms with Crippen molar-refractivity contribution in [2.24, 2.45) is 11.0 Å². The maximum Gasteiger partial charge on any atom is 0.113 e. The standard InChI is InChI=1S/C13H17N3O3S/c1-8-11(17)12(18)10(7-15-16-14)19-13(8)20-9-5-3-2-4-6-9/h2-6,8,10-13,17-18H,7H2,1H3/t8-,10?,11?,12+,13-/m0/s1. The van der Waals surface area contributed by atoms with Crippen LogP contribution in [0.1, 0.15) is 6.92 Å². The molecule has 7 heteroatoms. The topological polar surface area (TPSA) is 98.5 Å². The molecule has 0 bridgehead atoms. The molecule has 0 amide bonds. The molecule has 0 saturated carbocycles. The first kappa shape index (κ1) is 15.2. The Morgan fingerprint density at radius 1 is 1.30 bits per heavy atom. The summed E-state index contributed by atoms with van der Waals surface area (Å²) in [7, 11) is 0. The van der Waals surface area contributed by atoms with E-state index in [-0.39, 0.29) is 17.9 Å². The summed E-state index contributed by atoms with van der Waals surface area (Å²) in [6.45, 7) is 1.84. The van der Waals surface area contributed by atoms with E-state index in [4.69, 9.17) is 10.3 Å². The fraction of sp³-hybridized carbons (Fsp3) is 0.538. The Morgan fingerprint density at radius 2 is 2.00 bits per heavy atom. The van der Waals surface area contributed by atoms with Crippen molar-refractivity contribution in [2.75, 3.05) is 6.54 Å². The minimum atomic E-state index is -1.04. The highest BCUT2D eigenvalue weighted by atomic mass is 32.2. The first-order valence-corrected chi connectivity index (χ1v) is 7.25. The minimum absolute atomic E-state index is 0.00724. The third-order valence-corrected chi connectivity index (χ3v) is 4.65. The van der Waals surface area contributed by atoms with Gasteiger partial charge < -0.3 is 14.9 Å². The van der Waals surface area contributed by atoms with Gasteiger partial charge in [-0.25, -0.2) is 0 Å².